The molecule has 0 radical (unpaired) electrons. The van der Waals surface area contributed by atoms with Crippen molar-refractivity contribution in [3.63, 3.8) is 0 Å². The Balaban J connectivity index is 1.69. The Kier molecular flexibility index (Phi) is 6.63. The molecule has 7 heteroatoms. The third-order valence-corrected chi connectivity index (χ3v) is 5.82. The fraction of sp³-hybridized carbons (Fsp3) is 0.320. The zero-order valence-corrected chi connectivity index (χ0v) is 18.0. The lowest BCUT2D eigenvalue weighted by Crippen LogP contribution is -2.31. The Morgan fingerprint density at radius 2 is 1.78 bits per heavy atom. The number of carbonyl (C=O) groups excluding carboxylic acids is 2. The number of ether oxygens (including phenoxy) is 1. The van der Waals surface area contributed by atoms with Crippen molar-refractivity contribution in [3.8, 4) is 5.69 Å². The average molecular weight is 435 g/mol. The predicted molar refractivity (Wildman–Crippen MR) is 118 cm³/mol. The highest BCUT2D eigenvalue weighted by atomic mass is 19.1. The molecule has 1 heterocycles. The summed E-state index contributed by atoms with van der Waals surface area (Å²) in [6.07, 6.45) is 4.65. The summed E-state index contributed by atoms with van der Waals surface area (Å²) >= 11 is 0. The van der Waals surface area contributed by atoms with Crippen LogP contribution in [-0.4, -0.2) is 28.8 Å². The van der Waals surface area contributed by atoms with Gasteiger partial charge in [-0.3, -0.25) is 9.59 Å². The van der Waals surface area contributed by atoms with Crippen molar-refractivity contribution < 1.29 is 18.7 Å². The molecule has 0 saturated heterocycles. The molecule has 0 bridgehead atoms. The number of aromatic nitrogens is 2. The number of hydrogen-bond donors (Lipinski definition) is 1. The van der Waals surface area contributed by atoms with Crippen molar-refractivity contribution in [2.24, 2.45) is 0 Å². The van der Waals surface area contributed by atoms with E-state index in [9.17, 15) is 14.0 Å². The Morgan fingerprint density at radius 1 is 1.06 bits per heavy atom. The number of nitrogens with one attached hydrogen (secondary N) is 1. The molecule has 1 aromatic heterocycles. The van der Waals surface area contributed by atoms with Crippen LogP contribution < -0.4 is 5.32 Å². The van der Waals surface area contributed by atoms with Gasteiger partial charge in [-0.2, -0.15) is 5.10 Å². The number of carbonyl (C=O) groups is 2. The highest BCUT2D eigenvalue weighted by Crippen LogP contribution is 2.27. The lowest BCUT2D eigenvalue weighted by atomic mass is 10.0. The van der Waals surface area contributed by atoms with Gasteiger partial charge in [-0.1, -0.05) is 36.8 Å². The average Bonchev–Trinajstić information content (AvgIpc) is 3.00. The van der Waals surface area contributed by atoms with Crippen LogP contribution >= 0.6 is 0 Å². The minimum Gasteiger partial charge on any atom is -0.469 e. The van der Waals surface area contributed by atoms with Crippen molar-refractivity contribution in [1.29, 1.82) is 0 Å². The molecule has 0 spiro atoms. The summed E-state index contributed by atoms with van der Waals surface area (Å²) in [6.45, 7) is 0. The number of rotatable bonds is 6. The standard InChI is InChI=1S/C25H26FN3O3/c1-32-23(30)16-21(17-8-4-2-5-9-17)27-25(31)24-20-10-6-3-7-11-22(20)29(28-24)19-14-12-18(26)13-15-19/h2,4-5,8-9,12-15,21H,3,6-7,10-11,16H2,1H3,(H,27,31). The minimum absolute atomic E-state index is 0.0209. The van der Waals surface area contributed by atoms with Gasteiger partial charge in [-0.05, 0) is 55.5 Å². The maximum absolute atomic E-state index is 13.4. The third-order valence-electron chi connectivity index (χ3n) is 5.82. The van der Waals surface area contributed by atoms with Gasteiger partial charge >= 0.3 is 5.97 Å². The molecule has 1 unspecified atom stereocenters. The van der Waals surface area contributed by atoms with Crippen molar-refractivity contribution in [2.45, 2.75) is 44.6 Å². The van der Waals surface area contributed by atoms with Crippen LogP contribution in [-0.2, 0) is 22.4 Å². The van der Waals surface area contributed by atoms with Crippen LogP contribution in [0.1, 0.15) is 59.0 Å². The molecule has 0 aliphatic heterocycles. The number of esters is 1. The number of fused-ring (bicyclic) bond motifs is 1. The van der Waals surface area contributed by atoms with E-state index < -0.39 is 12.0 Å². The molecule has 0 fully saturated rings. The van der Waals surface area contributed by atoms with Crippen LogP contribution in [0.25, 0.3) is 5.69 Å². The number of benzene rings is 2. The third kappa shape index (κ3) is 4.72. The van der Waals surface area contributed by atoms with Gasteiger partial charge in [0.2, 0.25) is 0 Å². The van der Waals surface area contributed by atoms with Crippen molar-refractivity contribution in [1.82, 2.24) is 15.1 Å². The monoisotopic (exact) mass is 435 g/mol. The van der Waals surface area contributed by atoms with Crippen LogP contribution in [0.4, 0.5) is 4.39 Å². The summed E-state index contributed by atoms with van der Waals surface area (Å²) < 4.78 is 20.0. The lowest BCUT2D eigenvalue weighted by Gasteiger charge is -2.18. The Labute approximate surface area is 186 Å². The first-order valence-electron chi connectivity index (χ1n) is 10.9. The SMILES string of the molecule is COC(=O)CC(NC(=O)c1nn(-c2ccc(F)cc2)c2c1CCCCC2)c1ccccc1. The van der Waals surface area contributed by atoms with Gasteiger partial charge in [-0.25, -0.2) is 9.07 Å². The zero-order valence-electron chi connectivity index (χ0n) is 18.0. The summed E-state index contributed by atoms with van der Waals surface area (Å²) in [5, 5.41) is 7.63. The first-order chi connectivity index (χ1) is 15.6. The van der Waals surface area contributed by atoms with Crippen LogP contribution in [0.15, 0.2) is 54.6 Å². The topological polar surface area (TPSA) is 73.2 Å². The Hall–Kier alpha value is -3.48. The second-order valence-electron chi connectivity index (χ2n) is 7.94. The maximum Gasteiger partial charge on any atom is 0.307 e. The zero-order chi connectivity index (χ0) is 22.5. The van der Waals surface area contributed by atoms with Gasteiger partial charge in [0, 0.05) is 11.3 Å². The number of amides is 1. The summed E-state index contributed by atoms with van der Waals surface area (Å²) in [5.74, 6) is -1.06. The van der Waals surface area contributed by atoms with E-state index in [-0.39, 0.29) is 18.1 Å². The molecule has 166 valence electrons. The second kappa shape index (κ2) is 9.77. The molecule has 32 heavy (non-hydrogen) atoms. The van der Waals surface area contributed by atoms with E-state index in [1.807, 2.05) is 30.3 Å². The van der Waals surface area contributed by atoms with Crippen molar-refractivity contribution >= 4 is 11.9 Å². The molecular weight excluding hydrogens is 409 g/mol. The van der Waals surface area contributed by atoms with Crippen LogP contribution in [0.2, 0.25) is 0 Å². The van der Waals surface area contributed by atoms with Gasteiger partial charge in [0.1, 0.15) is 5.82 Å². The van der Waals surface area contributed by atoms with Gasteiger partial charge in [-0.15, -0.1) is 0 Å². The Morgan fingerprint density at radius 3 is 2.50 bits per heavy atom. The second-order valence-corrected chi connectivity index (χ2v) is 7.94. The molecule has 0 saturated carbocycles. The van der Waals surface area contributed by atoms with Crippen LogP contribution in [0.5, 0.6) is 0 Å². The smallest absolute Gasteiger partial charge is 0.307 e. The minimum atomic E-state index is -0.534. The van der Waals surface area contributed by atoms with E-state index >= 15 is 0 Å². The van der Waals surface area contributed by atoms with Gasteiger partial charge in [0.25, 0.3) is 5.91 Å². The van der Waals surface area contributed by atoms with E-state index in [0.717, 1.165) is 54.6 Å². The van der Waals surface area contributed by atoms with Crippen LogP contribution in [0, 0.1) is 5.82 Å². The molecule has 2 aromatic carbocycles. The molecule has 1 aliphatic carbocycles. The maximum atomic E-state index is 13.4. The summed E-state index contributed by atoms with van der Waals surface area (Å²) in [6, 6.07) is 14.9. The van der Waals surface area contributed by atoms with Gasteiger partial charge in [0.15, 0.2) is 5.69 Å². The first-order valence-corrected chi connectivity index (χ1v) is 10.9. The predicted octanol–water partition coefficient (Wildman–Crippen LogP) is 4.31. The van der Waals surface area contributed by atoms with Gasteiger partial charge in [0.05, 0.1) is 25.3 Å². The fourth-order valence-corrected chi connectivity index (χ4v) is 4.17. The first kappa shape index (κ1) is 21.7. The van der Waals surface area contributed by atoms with Gasteiger partial charge < -0.3 is 10.1 Å². The highest BCUT2D eigenvalue weighted by molar-refractivity contribution is 5.94. The highest BCUT2D eigenvalue weighted by Gasteiger charge is 2.27. The van der Waals surface area contributed by atoms with E-state index in [0.29, 0.717) is 5.69 Å². The molecule has 6 nitrogen and oxygen atoms in total. The van der Waals surface area contributed by atoms with Crippen molar-refractivity contribution in [3.05, 3.63) is 82.9 Å². The molecule has 1 atom stereocenters. The van der Waals surface area contributed by atoms with E-state index in [4.69, 9.17) is 4.74 Å². The number of halogens is 1. The number of methoxy groups -OCH3 is 1. The fourth-order valence-electron chi connectivity index (χ4n) is 4.17. The quantitative estimate of drug-likeness (QED) is 0.462. The molecule has 1 N–H and O–H groups in total. The number of hydrogen-bond acceptors (Lipinski definition) is 4. The van der Waals surface area contributed by atoms with Crippen molar-refractivity contribution in [2.75, 3.05) is 7.11 Å². The molecule has 3 aromatic rings. The molecule has 1 aliphatic rings. The summed E-state index contributed by atoms with van der Waals surface area (Å²) in [5.41, 5.74) is 3.81. The molecular formula is C25H26FN3O3. The molecule has 1 amide bonds. The Bertz CT molecular complexity index is 1090. The van der Waals surface area contributed by atoms with E-state index in [1.54, 1.807) is 16.8 Å². The normalized spacial score (nSPS) is 14.2. The molecule has 4 rings (SSSR count). The van der Waals surface area contributed by atoms with E-state index in [2.05, 4.69) is 10.4 Å². The summed E-state index contributed by atoms with van der Waals surface area (Å²) in [7, 11) is 1.33. The largest absolute Gasteiger partial charge is 0.469 e. The summed E-state index contributed by atoms with van der Waals surface area (Å²) in [4.78, 5) is 25.4. The number of nitrogens with zero attached hydrogens (tertiary/aromatic N) is 2. The van der Waals surface area contributed by atoms with E-state index in [1.165, 1.54) is 19.2 Å². The lowest BCUT2D eigenvalue weighted by molar-refractivity contribution is -0.141. The van der Waals surface area contributed by atoms with Crippen LogP contribution in [0.3, 0.4) is 0 Å².